The predicted molar refractivity (Wildman–Crippen MR) is 65.9 cm³/mol. The second kappa shape index (κ2) is 5.65. The first-order chi connectivity index (χ1) is 8.15. The number of hydrogen-bond acceptors (Lipinski definition) is 3. The van der Waals surface area contributed by atoms with Gasteiger partial charge in [-0.05, 0) is 19.3 Å². The lowest BCUT2D eigenvalue weighted by molar-refractivity contribution is -0.0589. The molecular formula is C11H22N2O3S. The second-order valence-electron chi connectivity index (χ2n) is 4.77. The van der Waals surface area contributed by atoms with E-state index in [0.29, 0.717) is 19.7 Å². The fraction of sp³-hybridized carbons (Fsp3) is 1.00. The molecule has 2 fully saturated rings. The summed E-state index contributed by atoms with van der Waals surface area (Å²) >= 11 is 0. The Hall–Kier alpha value is -0.170. The second-order valence-corrected chi connectivity index (χ2v) is 6.48. The highest BCUT2D eigenvalue weighted by atomic mass is 32.2. The van der Waals surface area contributed by atoms with Crippen LogP contribution in [0.2, 0.25) is 0 Å². The molecule has 0 amide bonds. The van der Waals surface area contributed by atoms with Gasteiger partial charge in [-0.15, -0.1) is 0 Å². The summed E-state index contributed by atoms with van der Waals surface area (Å²) in [5.74, 6) is 0. The molecule has 2 aliphatic rings. The molecular weight excluding hydrogens is 240 g/mol. The van der Waals surface area contributed by atoms with E-state index in [-0.39, 0.29) is 12.1 Å². The van der Waals surface area contributed by atoms with Crippen LogP contribution in [-0.2, 0) is 14.9 Å². The topological polar surface area (TPSA) is 58.6 Å². The van der Waals surface area contributed by atoms with Crippen molar-refractivity contribution in [3.05, 3.63) is 0 Å². The zero-order valence-electron chi connectivity index (χ0n) is 10.4. The molecule has 0 aromatic rings. The van der Waals surface area contributed by atoms with Gasteiger partial charge < -0.3 is 4.74 Å². The Kier molecular flexibility index (Phi) is 4.41. The number of nitrogens with zero attached hydrogens (tertiary/aromatic N) is 1. The molecule has 6 heteroatoms. The highest BCUT2D eigenvalue weighted by Crippen LogP contribution is 2.29. The third-order valence-electron chi connectivity index (χ3n) is 3.52. The van der Waals surface area contributed by atoms with E-state index in [0.717, 1.165) is 32.1 Å². The van der Waals surface area contributed by atoms with Crippen LogP contribution < -0.4 is 4.72 Å². The van der Waals surface area contributed by atoms with Gasteiger partial charge in [-0.1, -0.05) is 19.8 Å². The van der Waals surface area contributed by atoms with Gasteiger partial charge in [0.2, 0.25) is 0 Å². The minimum Gasteiger partial charge on any atom is -0.375 e. The van der Waals surface area contributed by atoms with E-state index in [4.69, 9.17) is 4.74 Å². The first-order valence-electron chi connectivity index (χ1n) is 6.53. The first-order valence-corrected chi connectivity index (χ1v) is 7.97. The molecule has 0 radical (unpaired) electrons. The van der Waals surface area contributed by atoms with Gasteiger partial charge in [0.25, 0.3) is 10.2 Å². The summed E-state index contributed by atoms with van der Waals surface area (Å²) in [6.07, 6.45) is 5.09. The average molecular weight is 262 g/mol. The van der Waals surface area contributed by atoms with E-state index in [2.05, 4.69) is 4.72 Å². The normalized spacial score (nSPS) is 31.1. The highest BCUT2D eigenvalue weighted by Gasteiger charge is 2.39. The smallest absolute Gasteiger partial charge is 0.279 e. The third-order valence-corrected chi connectivity index (χ3v) is 5.16. The summed E-state index contributed by atoms with van der Waals surface area (Å²) in [6.45, 7) is 3.48. The van der Waals surface area contributed by atoms with Crippen molar-refractivity contribution in [2.75, 3.05) is 19.7 Å². The van der Waals surface area contributed by atoms with Crippen molar-refractivity contribution in [1.82, 2.24) is 9.03 Å². The molecule has 1 aliphatic heterocycles. The van der Waals surface area contributed by atoms with E-state index in [9.17, 15) is 8.42 Å². The lowest BCUT2D eigenvalue weighted by Gasteiger charge is -2.42. The molecule has 100 valence electrons. The molecule has 1 saturated heterocycles. The van der Waals surface area contributed by atoms with Gasteiger partial charge in [0, 0.05) is 13.1 Å². The summed E-state index contributed by atoms with van der Waals surface area (Å²) in [7, 11) is -3.31. The van der Waals surface area contributed by atoms with Crippen LogP contribution in [0.5, 0.6) is 0 Å². The van der Waals surface area contributed by atoms with E-state index < -0.39 is 10.2 Å². The molecule has 5 nitrogen and oxygen atoms in total. The SMILES string of the molecule is CCCNS(=O)(=O)N1CCOC2CCCCC21. The molecule has 0 aromatic carbocycles. The third kappa shape index (κ3) is 2.99. The van der Waals surface area contributed by atoms with Gasteiger partial charge >= 0.3 is 0 Å². The molecule has 17 heavy (non-hydrogen) atoms. The van der Waals surface area contributed by atoms with Crippen LogP contribution >= 0.6 is 0 Å². The number of morpholine rings is 1. The van der Waals surface area contributed by atoms with Gasteiger partial charge in [-0.2, -0.15) is 12.7 Å². The van der Waals surface area contributed by atoms with Crippen LogP contribution in [0.15, 0.2) is 0 Å². The first kappa shape index (κ1) is 13.3. The number of fused-ring (bicyclic) bond motifs is 1. The molecule has 1 heterocycles. The Morgan fingerprint density at radius 3 is 2.88 bits per heavy atom. The van der Waals surface area contributed by atoms with Crippen molar-refractivity contribution in [3.63, 3.8) is 0 Å². The molecule has 0 spiro atoms. The van der Waals surface area contributed by atoms with Crippen LogP contribution in [-0.4, -0.2) is 44.6 Å². The van der Waals surface area contributed by atoms with Gasteiger partial charge in [0.15, 0.2) is 0 Å². The van der Waals surface area contributed by atoms with Crippen LogP contribution in [0.4, 0.5) is 0 Å². The van der Waals surface area contributed by atoms with E-state index in [1.54, 1.807) is 4.31 Å². The zero-order valence-corrected chi connectivity index (χ0v) is 11.2. The van der Waals surface area contributed by atoms with Gasteiger partial charge in [0.05, 0.1) is 18.8 Å². The fourth-order valence-corrected chi connectivity index (χ4v) is 4.21. The Morgan fingerprint density at radius 2 is 2.12 bits per heavy atom. The molecule has 0 bridgehead atoms. The number of ether oxygens (including phenoxy) is 1. The highest BCUT2D eigenvalue weighted by molar-refractivity contribution is 7.87. The standard InChI is InChI=1S/C11H22N2O3S/c1-2-7-12-17(14,15)13-8-9-16-11-6-4-3-5-10(11)13/h10-12H,2-9H2,1H3. The Balaban J connectivity index is 2.07. The van der Waals surface area contributed by atoms with Crippen LogP contribution in [0.1, 0.15) is 39.0 Å². The van der Waals surface area contributed by atoms with E-state index in [1.165, 1.54) is 0 Å². The summed E-state index contributed by atoms with van der Waals surface area (Å²) in [5, 5.41) is 0. The summed E-state index contributed by atoms with van der Waals surface area (Å²) < 4.78 is 34.3. The van der Waals surface area contributed by atoms with Crippen molar-refractivity contribution < 1.29 is 13.2 Å². The van der Waals surface area contributed by atoms with Crippen molar-refractivity contribution >= 4 is 10.2 Å². The van der Waals surface area contributed by atoms with E-state index in [1.807, 2.05) is 6.92 Å². The molecule has 1 N–H and O–H groups in total. The van der Waals surface area contributed by atoms with E-state index >= 15 is 0 Å². The van der Waals surface area contributed by atoms with Crippen molar-refractivity contribution in [3.8, 4) is 0 Å². The number of nitrogens with one attached hydrogen (secondary N) is 1. The van der Waals surface area contributed by atoms with Crippen LogP contribution in [0.3, 0.4) is 0 Å². The van der Waals surface area contributed by atoms with Crippen molar-refractivity contribution in [2.24, 2.45) is 0 Å². The maximum Gasteiger partial charge on any atom is 0.279 e. The number of rotatable bonds is 4. The maximum absolute atomic E-state index is 12.2. The molecule has 0 aromatic heterocycles. The van der Waals surface area contributed by atoms with Crippen LogP contribution in [0, 0.1) is 0 Å². The van der Waals surface area contributed by atoms with Gasteiger partial charge in [-0.25, -0.2) is 4.72 Å². The Bertz CT molecular complexity index is 343. The number of hydrogen-bond donors (Lipinski definition) is 1. The molecule has 2 unspecified atom stereocenters. The molecule has 1 aliphatic carbocycles. The Morgan fingerprint density at radius 1 is 1.35 bits per heavy atom. The predicted octanol–water partition coefficient (Wildman–Crippen LogP) is 0.874. The minimum absolute atomic E-state index is 0.0480. The summed E-state index contributed by atoms with van der Waals surface area (Å²) in [4.78, 5) is 0. The molecule has 1 saturated carbocycles. The molecule has 2 rings (SSSR count). The van der Waals surface area contributed by atoms with Crippen molar-refractivity contribution in [2.45, 2.75) is 51.2 Å². The largest absolute Gasteiger partial charge is 0.375 e. The Labute approximate surface area is 104 Å². The minimum atomic E-state index is -3.31. The van der Waals surface area contributed by atoms with Gasteiger partial charge in [-0.3, -0.25) is 0 Å². The maximum atomic E-state index is 12.2. The molecule has 2 atom stereocenters. The summed E-state index contributed by atoms with van der Waals surface area (Å²) in [6, 6.07) is 0.0480. The average Bonchev–Trinajstić information content (AvgIpc) is 2.36. The quantitative estimate of drug-likeness (QED) is 0.818. The zero-order chi connectivity index (χ0) is 12.3. The fourth-order valence-electron chi connectivity index (χ4n) is 2.67. The summed E-state index contributed by atoms with van der Waals surface area (Å²) in [5.41, 5.74) is 0. The monoisotopic (exact) mass is 262 g/mol. The lowest BCUT2D eigenvalue weighted by atomic mass is 9.91. The van der Waals surface area contributed by atoms with Crippen LogP contribution in [0.25, 0.3) is 0 Å². The van der Waals surface area contributed by atoms with Gasteiger partial charge in [0.1, 0.15) is 0 Å². The van der Waals surface area contributed by atoms with Crippen molar-refractivity contribution in [1.29, 1.82) is 0 Å². The lowest BCUT2D eigenvalue weighted by Crippen LogP contribution is -2.57.